The highest BCUT2D eigenvalue weighted by atomic mass is 32.2. The van der Waals surface area contributed by atoms with Gasteiger partial charge in [0.15, 0.2) is 0 Å². The van der Waals surface area contributed by atoms with E-state index in [1.807, 2.05) is 62.1 Å². The Bertz CT molecular complexity index is 1050. The van der Waals surface area contributed by atoms with Crippen LogP contribution in [0.2, 0.25) is 0 Å². The number of amides is 1. The molecule has 0 atom stereocenters. The van der Waals surface area contributed by atoms with Gasteiger partial charge in [-0.3, -0.25) is 9.69 Å². The highest BCUT2D eigenvalue weighted by Gasteiger charge is 2.24. The number of hydrogen-bond donors (Lipinski definition) is 0. The Morgan fingerprint density at radius 1 is 1.06 bits per heavy atom. The van der Waals surface area contributed by atoms with Crippen LogP contribution in [-0.2, 0) is 12.3 Å². The molecule has 0 aliphatic carbocycles. The Morgan fingerprint density at radius 2 is 1.79 bits per heavy atom. The van der Waals surface area contributed by atoms with E-state index < -0.39 is 0 Å². The van der Waals surface area contributed by atoms with Gasteiger partial charge in [-0.2, -0.15) is 0 Å². The van der Waals surface area contributed by atoms with Gasteiger partial charge in [0.1, 0.15) is 11.5 Å². The summed E-state index contributed by atoms with van der Waals surface area (Å²) in [4.78, 5) is 18.7. The molecular weight excluding hydrogens is 434 g/mol. The maximum Gasteiger partial charge on any atom is 0.255 e. The van der Waals surface area contributed by atoms with E-state index in [1.54, 1.807) is 11.8 Å². The molecule has 0 spiro atoms. The van der Waals surface area contributed by atoms with E-state index in [1.165, 1.54) is 5.56 Å². The normalized spacial score (nSPS) is 14.5. The first-order chi connectivity index (χ1) is 16.0. The first-order valence-electron chi connectivity index (χ1n) is 11.4. The van der Waals surface area contributed by atoms with Crippen LogP contribution >= 0.6 is 11.8 Å². The van der Waals surface area contributed by atoms with Crippen LogP contribution in [0, 0.1) is 13.8 Å². The average Bonchev–Trinajstić information content (AvgIpc) is 3.16. The van der Waals surface area contributed by atoms with Crippen molar-refractivity contribution in [1.82, 2.24) is 15.0 Å². The summed E-state index contributed by atoms with van der Waals surface area (Å²) < 4.78 is 10.8. The van der Waals surface area contributed by atoms with Crippen molar-refractivity contribution < 1.29 is 14.1 Å². The van der Waals surface area contributed by atoms with Gasteiger partial charge in [-0.25, -0.2) is 0 Å². The van der Waals surface area contributed by atoms with Crippen molar-refractivity contribution in [3.05, 3.63) is 76.7 Å². The Hall–Kier alpha value is -2.77. The Labute approximate surface area is 199 Å². The third-order valence-electron chi connectivity index (χ3n) is 5.97. The molecule has 2 heterocycles. The molecular formula is C26H31N3O3S. The first-order valence-corrected chi connectivity index (χ1v) is 12.4. The van der Waals surface area contributed by atoms with Crippen LogP contribution < -0.4 is 4.74 Å². The SMILES string of the molecule is CCOc1ccc(CN2CCN(C(=O)c3ccccc3SCc3c(C)noc3C)CC2)cc1. The van der Waals surface area contributed by atoms with Crippen molar-refractivity contribution in [2.45, 2.75) is 38.0 Å². The van der Waals surface area contributed by atoms with Gasteiger partial charge in [-0.1, -0.05) is 29.4 Å². The number of ether oxygens (including phenoxy) is 1. The number of rotatable bonds is 8. The van der Waals surface area contributed by atoms with Crippen LogP contribution in [0.4, 0.5) is 0 Å². The zero-order valence-corrected chi connectivity index (χ0v) is 20.4. The molecule has 33 heavy (non-hydrogen) atoms. The Kier molecular flexibility index (Phi) is 7.73. The van der Waals surface area contributed by atoms with E-state index in [0.717, 1.165) is 71.7 Å². The molecule has 0 saturated carbocycles. The summed E-state index contributed by atoms with van der Waals surface area (Å²) in [5.74, 6) is 2.59. The highest BCUT2D eigenvalue weighted by Crippen LogP contribution is 2.29. The van der Waals surface area contributed by atoms with Gasteiger partial charge in [0.2, 0.25) is 0 Å². The predicted octanol–water partition coefficient (Wildman–Crippen LogP) is 4.94. The largest absolute Gasteiger partial charge is 0.494 e. The van der Waals surface area contributed by atoms with E-state index in [9.17, 15) is 4.79 Å². The van der Waals surface area contributed by atoms with Crippen molar-refractivity contribution in [1.29, 1.82) is 0 Å². The summed E-state index contributed by atoms with van der Waals surface area (Å²) >= 11 is 1.66. The van der Waals surface area contributed by atoms with E-state index >= 15 is 0 Å². The van der Waals surface area contributed by atoms with Gasteiger partial charge in [0.25, 0.3) is 5.91 Å². The summed E-state index contributed by atoms with van der Waals surface area (Å²) in [5, 5.41) is 4.03. The lowest BCUT2D eigenvalue weighted by Crippen LogP contribution is -2.48. The summed E-state index contributed by atoms with van der Waals surface area (Å²) in [6.07, 6.45) is 0. The number of thioether (sulfide) groups is 1. The van der Waals surface area contributed by atoms with Crippen LogP contribution in [0.25, 0.3) is 0 Å². The second-order valence-electron chi connectivity index (χ2n) is 8.23. The lowest BCUT2D eigenvalue weighted by molar-refractivity contribution is 0.0625. The van der Waals surface area contributed by atoms with Crippen molar-refractivity contribution in [2.24, 2.45) is 0 Å². The zero-order valence-electron chi connectivity index (χ0n) is 19.5. The van der Waals surface area contributed by atoms with E-state index in [0.29, 0.717) is 6.61 Å². The molecule has 1 fully saturated rings. The monoisotopic (exact) mass is 465 g/mol. The Balaban J connectivity index is 1.34. The number of hydrogen-bond acceptors (Lipinski definition) is 6. The van der Waals surface area contributed by atoms with Crippen molar-refractivity contribution in [3.8, 4) is 5.75 Å². The number of carbonyl (C=O) groups is 1. The molecule has 1 saturated heterocycles. The molecule has 0 radical (unpaired) electrons. The van der Waals surface area contributed by atoms with Crippen LogP contribution in [-0.4, -0.2) is 53.6 Å². The molecule has 7 heteroatoms. The topological polar surface area (TPSA) is 58.8 Å². The van der Waals surface area contributed by atoms with Crippen LogP contribution in [0.5, 0.6) is 5.75 Å². The first kappa shape index (κ1) is 23.4. The molecule has 0 N–H and O–H groups in total. The third kappa shape index (κ3) is 5.78. The van der Waals surface area contributed by atoms with E-state index in [4.69, 9.17) is 9.26 Å². The predicted molar refractivity (Wildman–Crippen MR) is 131 cm³/mol. The molecule has 6 nitrogen and oxygen atoms in total. The van der Waals surface area contributed by atoms with Crippen molar-refractivity contribution in [2.75, 3.05) is 32.8 Å². The quantitative estimate of drug-likeness (QED) is 0.439. The van der Waals surface area contributed by atoms with Crippen molar-refractivity contribution >= 4 is 17.7 Å². The third-order valence-corrected chi connectivity index (χ3v) is 7.07. The second kappa shape index (κ2) is 10.9. The molecule has 1 aliphatic rings. The highest BCUT2D eigenvalue weighted by molar-refractivity contribution is 7.98. The van der Waals surface area contributed by atoms with Crippen molar-refractivity contribution in [3.63, 3.8) is 0 Å². The molecule has 1 aromatic heterocycles. The number of aryl methyl sites for hydroxylation is 2. The molecule has 4 rings (SSSR count). The lowest BCUT2D eigenvalue weighted by Gasteiger charge is -2.35. The maximum absolute atomic E-state index is 13.3. The fourth-order valence-corrected chi connectivity index (χ4v) is 5.22. The minimum absolute atomic E-state index is 0.109. The van der Waals surface area contributed by atoms with Gasteiger partial charge in [-0.15, -0.1) is 11.8 Å². The summed E-state index contributed by atoms with van der Waals surface area (Å²) in [5.41, 5.74) is 4.05. The number of benzene rings is 2. The zero-order chi connectivity index (χ0) is 23.2. The van der Waals surface area contributed by atoms with Gasteiger partial charge in [-0.05, 0) is 50.6 Å². The molecule has 1 aliphatic heterocycles. The summed E-state index contributed by atoms with van der Waals surface area (Å²) in [6, 6.07) is 16.2. The minimum Gasteiger partial charge on any atom is -0.494 e. The lowest BCUT2D eigenvalue weighted by atomic mass is 10.1. The molecule has 3 aromatic rings. The fourth-order valence-electron chi connectivity index (χ4n) is 4.02. The molecule has 0 bridgehead atoms. The number of piperazine rings is 1. The van der Waals surface area contributed by atoms with E-state index in [2.05, 4.69) is 22.2 Å². The molecule has 174 valence electrons. The van der Waals surface area contributed by atoms with Crippen LogP contribution in [0.1, 0.15) is 39.9 Å². The fraction of sp³-hybridized carbons (Fsp3) is 0.385. The molecule has 0 unspecified atom stereocenters. The van der Waals surface area contributed by atoms with Gasteiger partial charge in [0, 0.05) is 48.9 Å². The maximum atomic E-state index is 13.3. The van der Waals surface area contributed by atoms with Gasteiger partial charge >= 0.3 is 0 Å². The minimum atomic E-state index is 0.109. The average molecular weight is 466 g/mol. The summed E-state index contributed by atoms with van der Waals surface area (Å²) in [6.45, 7) is 10.6. The summed E-state index contributed by atoms with van der Waals surface area (Å²) in [7, 11) is 0. The number of carbonyl (C=O) groups excluding carboxylic acids is 1. The van der Waals surface area contributed by atoms with E-state index in [-0.39, 0.29) is 5.91 Å². The smallest absolute Gasteiger partial charge is 0.255 e. The van der Waals surface area contributed by atoms with Crippen LogP contribution in [0.15, 0.2) is 57.9 Å². The number of aromatic nitrogens is 1. The standard InChI is InChI=1S/C26H31N3O3S/c1-4-31-22-11-9-21(10-12-22)17-28-13-15-29(16-14-28)26(30)23-7-5-6-8-25(23)33-18-24-19(2)27-32-20(24)3/h5-12H,4,13-18H2,1-3H3. The number of nitrogens with zero attached hydrogens (tertiary/aromatic N) is 3. The Morgan fingerprint density at radius 3 is 2.45 bits per heavy atom. The van der Waals surface area contributed by atoms with Gasteiger partial charge < -0.3 is 14.2 Å². The molecule has 2 aromatic carbocycles. The second-order valence-corrected chi connectivity index (χ2v) is 9.25. The van der Waals surface area contributed by atoms with Crippen LogP contribution in [0.3, 0.4) is 0 Å². The van der Waals surface area contributed by atoms with Gasteiger partial charge in [0.05, 0.1) is 17.9 Å². The molecule has 1 amide bonds.